The number of nitrogens with zero attached hydrogens (tertiary/aromatic N) is 3. The lowest BCUT2D eigenvalue weighted by atomic mass is 10.1. The first kappa shape index (κ1) is 19.1. The predicted octanol–water partition coefficient (Wildman–Crippen LogP) is 3.62. The summed E-state index contributed by atoms with van der Waals surface area (Å²) in [6.07, 6.45) is 4.62. The van der Waals surface area contributed by atoms with Crippen LogP contribution in [0.1, 0.15) is 24.4 Å². The number of nitro benzene ring substituents is 1. The molecule has 0 N–H and O–H groups in total. The number of hydrogen-bond acceptors (Lipinski definition) is 6. The zero-order chi connectivity index (χ0) is 19.8. The van der Waals surface area contributed by atoms with Crippen molar-refractivity contribution in [1.29, 1.82) is 0 Å². The van der Waals surface area contributed by atoms with Gasteiger partial charge in [0.1, 0.15) is 5.69 Å². The van der Waals surface area contributed by atoms with Crippen LogP contribution in [0.4, 0.5) is 24.5 Å². The zero-order valence-electron chi connectivity index (χ0n) is 13.8. The van der Waals surface area contributed by atoms with E-state index in [9.17, 15) is 31.7 Å². The molecule has 1 aliphatic heterocycles. The van der Waals surface area contributed by atoms with Crippen LogP contribution >= 0.6 is 0 Å². The van der Waals surface area contributed by atoms with Gasteiger partial charge in [-0.1, -0.05) is 6.07 Å². The van der Waals surface area contributed by atoms with Gasteiger partial charge in [-0.25, -0.2) is 8.42 Å². The van der Waals surface area contributed by atoms with Crippen molar-refractivity contribution in [3.8, 4) is 0 Å². The first-order valence-corrected chi connectivity index (χ1v) is 9.37. The highest BCUT2D eigenvalue weighted by atomic mass is 32.2. The van der Waals surface area contributed by atoms with Crippen molar-refractivity contribution in [2.24, 2.45) is 0 Å². The van der Waals surface area contributed by atoms with Crippen LogP contribution in [0, 0.1) is 10.1 Å². The van der Waals surface area contributed by atoms with Crippen LogP contribution in [0.15, 0.2) is 47.6 Å². The summed E-state index contributed by atoms with van der Waals surface area (Å²) in [4.78, 5) is 15.1. The van der Waals surface area contributed by atoms with Gasteiger partial charge in [0.05, 0.1) is 15.9 Å². The molecule has 144 valence electrons. The quantitative estimate of drug-likeness (QED) is 0.574. The maximum absolute atomic E-state index is 12.8. The Kier molecular flexibility index (Phi) is 4.81. The summed E-state index contributed by atoms with van der Waals surface area (Å²) < 4.78 is 61.4. The third kappa shape index (κ3) is 3.46. The maximum Gasteiger partial charge on any atom is 0.501 e. The molecule has 1 aromatic carbocycles. The number of sulfone groups is 1. The molecule has 2 aromatic rings. The lowest BCUT2D eigenvalue weighted by Gasteiger charge is -2.26. The monoisotopic (exact) mass is 401 g/mol. The summed E-state index contributed by atoms with van der Waals surface area (Å²) in [6.45, 7) is 0.450. The van der Waals surface area contributed by atoms with Crippen LogP contribution < -0.4 is 4.90 Å². The Morgan fingerprint density at radius 2 is 2.00 bits per heavy atom. The number of alkyl halides is 3. The van der Waals surface area contributed by atoms with E-state index in [1.807, 2.05) is 6.07 Å². The second-order valence-electron chi connectivity index (χ2n) is 5.99. The van der Waals surface area contributed by atoms with Crippen LogP contribution in [0.3, 0.4) is 0 Å². The fourth-order valence-corrected chi connectivity index (χ4v) is 3.95. The molecule has 2 heterocycles. The van der Waals surface area contributed by atoms with Gasteiger partial charge in [0.2, 0.25) is 0 Å². The summed E-state index contributed by atoms with van der Waals surface area (Å²) in [5.41, 5.74) is -5.33. The molecule has 1 fully saturated rings. The first-order chi connectivity index (χ1) is 12.6. The summed E-state index contributed by atoms with van der Waals surface area (Å²) >= 11 is 0. The van der Waals surface area contributed by atoms with Crippen molar-refractivity contribution in [2.75, 3.05) is 11.4 Å². The number of halogens is 3. The minimum absolute atomic E-state index is 0.0764. The van der Waals surface area contributed by atoms with Crippen molar-refractivity contribution in [1.82, 2.24) is 4.98 Å². The van der Waals surface area contributed by atoms with Gasteiger partial charge >= 0.3 is 5.51 Å². The molecule has 0 aliphatic carbocycles. The molecule has 0 radical (unpaired) electrons. The van der Waals surface area contributed by atoms with E-state index in [0.29, 0.717) is 19.0 Å². The summed E-state index contributed by atoms with van der Waals surface area (Å²) in [7, 11) is -5.67. The van der Waals surface area contributed by atoms with Gasteiger partial charge in [0.15, 0.2) is 0 Å². The number of nitro groups is 1. The third-order valence-corrected chi connectivity index (χ3v) is 5.87. The molecule has 1 aliphatic rings. The topological polar surface area (TPSA) is 93.4 Å². The molecule has 0 bridgehead atoms. The molecular formula is C16H14F3N3O4S. The van der Waals surface area contributed by atoms with Crippen LogP contribution in [0.5, 0.6) is 0 Å². The fourth-order valence-electron chi connectivity index (χ4n) is 3.17. The fraction of sp³-hybridized carbons (Fsp3) is 0.312. The number of hydrogen-bond donors (Lipinski definition) is 0. The average molecular weight is 401 g/mol. The second-order valence-corrected chi connectivity index (χ2v) is 7.94. The Morgan fingerprint density at radius 1 is 1.26 bits per heavy atom. The van der Waals surface area contributed by atoms with Gasteiger partial charge in [-0.15, -0.1) is 0 Å². The van der Waals surface area contributed by atoms with Crippen molar-refractivity contribution in [3.63, 3.8) is 0 Å². The van der Waals surface area contributed by atoms with Gasteiger partial charge in [-0.2, -0.15) is 13.2 Å². The average Bonchev–Trinajstić information content (AvgIpc) is 3.10. The lowest BCUT2D eigenvalue weighted by molar-refractivity contribution is -0.384. The molecule has 11 heteroatoms. The molecule has 0 spiro atoms. The molecule has 0 saturated carbocycles. The van der Waals surface area contributed by atoms with E-state index in [1.165, 1.54) is 0 Å². The third-order valence-electron chi connectivity index (χ3n) is 4.39. The summed E-state index contributed by atoms with van der Waals surface area (Å²) in [6, 6.07) is 5.58. The van der Waals surface area contributed by atoms with E-state index in [-0.39, 0.29) is 11.7 Å². The predicted molar refractivity (Wildman–Crippen MR) is 89.9 cm³/mol. The van der Waals surface area contributed by atoms with Crippen LogP contribution in [-0.4, -0.2) is 30.4 Å². The van der Waals surface area contributed by atoms with Crippen molar-refractivity contribution >= 4 is 21.2 Å². The molecule has 1 aromatic heterocycles. The molecular weight excluding hydrogens is 387 g/mol. The summed E-state index contributed by atoms with van der Waals surface area (Å²) in [5, 5.41) is 11.4. The Balaban J connectivity index is 2.07. The highest BCUT2D eigenvalue weighted by molar-refractivity contribution is 7.92. The Hall–Kier alpha value is -2.69. The number of pyridine rings is 1. The molecule has 0 amide bonds. The SMILES string of the molecule is O=[N+]([O-])c1cc(S(=O)(=O)C(F)(F)F)ccc1N1CCCC1c1cccnc1. The summed E-state index contributed by atoms with van der Waals surface area (Å²) in [5.74, 6) is 0. The molecule has 1 unspecified atom stereocenters. The van der Waals surface area contributed by atoms with E-state index in [4.69, 9.17) is 0 Å². The maximum atomic E-state index is 12.8. The first-order valence-electron chi connectivity index (χ1n) is 7.89. The number of aromatic nitrogens is 1. The molecule has 1 atom stereocenters. The van der Waals surface area contributed by atoms with Gasteiger partial charge in [-0.3, -0.25) is 15.1 Å². The zero-order valence-corrected chi connectivity index (χ0v) is 14.6. The lowest BCUT2D eigenvalue weighted by Crippen LogP contribution is -2.25. The van der Waals surface area contributed by atoms with Crippen LogP contribution in [-0.2, 0) is 9.84 Å². The highest BCUT2D eigenvalue weighted by Crippen LogP contribution is 2.42. The van der Waals surface area contributed by atoms with Crippen molar-refractivity contribution < 1.29 is 26.5 Å². The minimum Gasteiger partial charge on any atom is -0.359 e. The van der Waals surface area contributed by atoms with Gasteiger partial charge in [0, 0.05) is 25.0 Å². The standard InChI is InChI=1S/C16H14F3N3O4S/c17-16(18,19)27(25,26)12-5-6-14(15(9-12)22(23)24)21-8-2-4-13(21)11-3-1-7-20-10-11/h1,3,5-7,9-10,13H,2,4,8H2. The highest BCUT2D eigenvalue weighted by Gasteiger charge is 2.47. The van der Waals surface area contributed by atoms with Gasteiger partial charge in [-0.05, 0) is 36.6 Å². The smallest absolute Gasteiger partial charge is 0.359 e. The Bertz CT molecular complexity index is 965. The van der Waals surface area contributed by atoms with Crippen LogP contribution in [0.2, 0.25) is 0 Å². The molecule has 1 saturated heterocycles. The van der Waals surface area contributed by atoms with E-state index in [1.54, 1.807) is 23.4 Å². The van der Waals surface area contributed by atoms with E-state index < -0.39 is 30.9 Å². The minimum atomic E-state index is -5.67. The van der Waals surface area contributed by atoms with E-state index in [0.717, 1.165) is 24.1 Å². The molecule has 7 nitrogen and oxygen atoms in total. The molecule has 27 heavy (non-hydrogen) atoms. The largest absolute Gasteiger partial charge is 0.501 e. The number of rotatable bonds is 4. The Morgan fingerprint density at radius 3 is 2.59 bits per heavy atom. The Labute approximate surface area is 152 Å². The normalized spacial score (nSPS) is 17.9. The van der Waals surface area contributed by atoms with E-state index >= 15 is 0 Å². The van der Waals surface area contributed by atoms with E-state index in [2.05, 4.69) is 4.98 Å². The molecule has 3 rings (SSSR count). The number of anilines is 1. The van der Waals surface area contributed by atoms with Crippen molar-refractivity contribution in [2.45, 2.75) is 29.3 Å². The second kappa shape index (κ2) is 6.80. The number of benzene rings is 1. The van der Waals surface area contributed by atoms with Crippen LogP contribution in [0.25, 0.3) is 0 Å². The van der Waals surface area contributed by atoms with Crippen molar-refractivity contribution in [3.05, 3.63) is 58.4 Å². The van der Waals surface area contributed by atoms with Gasteiger partial charge in [0.25, 0.3) is 15.5 Å². The van der Waals surface area contributed by atoms with Gasteiger partial charge < -0.3 is 4.90 Å².